The second-order valence-electron chi connectivity index (χ2n) is 8.14. The lowest BCUT2D eigenvalue weighted by Crippen LogP contribution is -2.51. The van der Waals surface area contributed by atoms with E-state index in [0.29, 0.717) is 50.9 Å². The first-order chi connectivity index (χ1) is 14.5. The van der Waals surface area contributed by atoms with Gasteiger partial charge in [0, 0.05) is 38.9 Å². The van der Waals surface area contributed by atoms with Gasteiger partial charge in [-0.2, -0.15) is 0 Å². The van der Waals surface area contributed by atoms with Gasteiger partial charge >= 0.3 is 0 Å². The molecular formula is C23H27N5O2. The van der Waals surface area contributed by atoms with Crippen molar-refractivity contribution in [1.82, 2.24) is 19.4 Å². The van der Waals surface area contributed by atoms with E-state index in [2.05, 4.69) is 23.8 Å². The van der Waals surface area contributed by atoms with Crippen molar-refractivity contribution in [2.45, 2.75) is 26.8 Å². The molecule has 0 spiro atoms. The SMILES string of the molecule is CC(C)Cn1c(=O)c(N2CCN(C(=O)Cc3ccccc3)CC2)nc2ccncc21. The molecule has 7 nitrogen and oxygen atoms in total. The van der Waals surface area contributed by atoms with E-state index in [1.807, 2.05) is 46.2 Å². The van der Waals surface area contributed by atoms with Crippen molar-refractivity contribution in [1.29, 1.82) is 0 Å². The molecule has 1 aliphatic rings. The summed E-state index contributed by atoms with van der Waals surface area (Å²) >= 11 is 0. The molecule has 1 aliphatic heterocycles. The van der Waals surface area contributed by atoms with Gasteiger partial charge in [-0.3, -0.25) is 14.6 Å². The van der Waals surface area contributed by atoms with Gasteiger partial charge in [0.2, 0.25) is 5.91 Å². The zero-order valence-corrected chi connectivity index (χ0v) is 17.5. The molecule has 3 heterocycles. The molecule has 156 valence electrons. The number of carbonyl (C=O) groups excluding carboxylic acids is 1. The molecule has 0 atom stereocenters. The largest absolute Gasteiger partial charge is 0.348 e. The third-order valence-corrected chi connectivity index (χ3v) is 5.41. The van der Waals surface area contributed by atoms with Gasteiger partial charge in [0.15, 0.2) is 5.82 Å². The molecule has 0 saturated carbocycles. The average Bonchev–Trinajstić information content (AvgIpc) is 2.76. The number of nitrogens with zero attached hydrogens (tertiary/aromatic N) is 5. The summed E-state index contributed by atoms with van der Waals surface area (Å²) in [5.74, 6) is 0.911. The van der Waals surface area contributed by atoms with Gasteiger partial charge in [0.25, 0.3) is 5.56 Å². The number of aromatic nitrogens is 3. The molecular weight excluding hydrogens is 378 g/mol. The molecule has 7 heteroatoms. The van der Waals surface area contributed by atoms with Crippen LogP contribution >= 0.6 is 0 Å². The molecule has 0 N–H and O–H groups in total. The Morgan fingerprint density at radius 1 is 1.07 bits per heavy atom. The molecule has 1 amide bonds. The van der Waals surface area contributed by atoms with Crippen LogP contribution < -0.4 is 10.5 Å². The maximum atomic E-state index is 13.2. The minimum Gasteiger partial charge on any atom is -0.348 e. The lowest BCUT2D eigenvalue weighted by atomic mass is 10.1. The van der Waals surface area contributed by atoms with E-state index < -0.39 is 0 Å². The summed E-state index contributed by atoms with van der Waals surface area (Å²) in [6.45, 7) is 7.17. The zero-order chi connectivity index (χ0) is 21.1. The highest BCUT2D eigenvalue weighted by atomic mass is 16.2. The first kappa shape index (κ1) is 20.1. The molecule has 2 aromatic heterocycles. The fourth-order valence-corrected chi connectivity index (χ4v) is 3.88. The predicted molar refractivity (Wildman–Crippen MR) is 118 cm³/mol. The van der Waals surface area contributed by atoms with Crippen molar-refractivity contribution >= 4 is 22.8 Å². The van der Waals surface area contributed by atoms with E-state index in [9.17, 15) is 9.59 Å². The van der Waals surface area contributed by atoms with E-state index in [4.69, 9.17) is 0 Å². The van der Waals surface area contributed by atoms with Crippen LogP contribution in [0.15, 0.2) is 53.6 Å². The van der Waals surface area contributed by atoms with E-state index >= 15 is 0 Å². The number of fused-ring (bicyclic) bond motifs is 1. The topological polar surface area (TPSA) is 71.3 Å². The Balaban J connectivity index is 1.52. The number of rotatable bonds is 5. The van der Waals surface area contributed by atoms with Gasteiger partial charge in [0.05, 0.1) is 23.7 Å². The van der Waals surface area contributed by atoms with Crippen LogP contribution in [0.3, 0.4) is 0 Å². The first-order valence-corrected chi connectivity index (χ1v) is 10.4. The highest BCUT2D eigenvalue weighted by Gasteiger charge is 2.25. The van der Waals surface area contributed by atoms with Crippen LogP contribution in [0.4, 0.5) is 5.82 Å². The van der Waals surface area contributed by atoms with Gasteiger partial charge < -0.3 is 14.4 Å². The molecule has 1 aromatic carbocycles. The Hall–Kier alpha value is -3.22. The summed E-state index contributed by atoms with van der Waals surface area (Å²) in [4.78, 5) is 38.6. The number of hydrogen-bond donors (Lipinski definition) is 0. The standard InChI is InChI=1S/C23H27N5O2/c1-17(2)16-28-20-15-24-9-8-19(20)25-22(23(28)30)27-12-10-26(11-13-27)21(29)14-18-6-4-3-5-7-18/h3-9,15,17H,10-14,16H2,1-2H3. The van der Waals surface area contributed by atoms with Crippen LogP contribution in [0.5, 0.6) is 0 Å². The number of benzene rings is 1. The quantitative estimate of drug-likeness (QED) is 0.652. The maximum Gasteiger partial charge on any atom is 0.294 e. The normalized spacial score (nSPS) is 14.5. The summed E-state index contributed by atoms with van der Waals surface area (Å²) in [6.07, 6.45) is 3.81. The third kappa shape index (κ3) is 4.20. The highest BCUT2D eigenvalue weighted by molar-refractivity contribution is 5.79. The number of anilines is 1. The predicted octanol–water partition coefficient (Wildman–Crippen LogP) is 2.34. The Morgan fingerprint density at radius 2 is 1.80 bits per heavy atom. The molecule has 1 fully saturated rings. The number of hydrogen-bond acceptors (Lipinski definition) is 5. The van der Waals surface area contributed by atoms with Crippen molar-refractivity contribution in [2.24, 2.45) is 5.92 Å². The van der Waals surface area contributed by atoms with E-state index in [0.717, 1.165) is 16.6 Å². The van der Waals surface area contributed by atoms with E-state index in [-0.39, 0.29) is 11.5 Å². The Morgan fingerprint density at radius 3 is 2.50 bits per heavy atom. The summed E-state index contributed by atoms with van der Waals surface area (Å²) in [5.41, 5.74) is 2.46. The Labute approximate surface area is 176 Å². The minimum atomic E-state index is -0.0896. The van der Waals surface area contributed by atoms with Crippen LogP contribution in [-0.2, 0) is 17.8 Å². The number of pyridine rings is 1. The highest BCUT2D eigenvalue weighted by Crippen LogP contribution is 2.17. The minimum absolute atomic E-state index is 0.0896. The summed E-state index contributed by atoms with van der Waals surface area (Å²) in [7, 11) is 0. The van der Waals surface area contributed by atoms with Crippen LogP contribution in [0.2, 0.25) is 0 Å². The van der Waals surface area contributed by atoms with Crippen molar-refractivity contribution in [3.8, 4) is 0 Å². The summed E-state index contributed by atoms with van der Waals surface area (Å²) in [6, 6.07) is 11.6. The fourth-order valence-electron chi connectivity index (χ4n) is 3.88. The monoisotopic (exact) mass is 405 g/mol. The average molecular weight is 406 g/mol. The summed E-state index contributed by atoms with van der Waals surface area (Å²) in [5, 5.41) is 0. The van der Waals surface area contributed by atoms with Crippen LogP contribution in [0.1, 0.15) is 19.4 Å². The van der Waals surface area contributed by atoms with E-state index in [1.54, 1.807) is 17.0 Å². The van der Waals surface area contributed by atoms with Crippen LogP contribution in [-0.4, -0.2) is 51.5 Å². The summed E-state index contributed by atoms with van der Waals surface area (Å²) < 4.78 is 1.78. The van der Waals surface area contributed by atoms with Gasteiger partial charge in [-0.25, -0.2) is 4.98 Å². The molecule has 3 aromatic rings. The van der Waals surface area contributed by atoms with Crippen LogP contribution in [0, 0.1) is 5.92 Å². The Bertz CT molecular complexity index is 1090. The molecule has 4 rings (SSSR count). The van der Waals surface area contributed by atoms with Crippen LogP contribution in [0.25, 0.3) is 11.0 Å². The molecule has 0 bridgehead atoms. The molecule has 0 unspecified atom stereocenters. The third-order valence-electron chi connectivity index (χ3n) is 5.41. The zero-order valence-electron chi connectivity index (χ0n) is 17.5. The van der Waals surface area contributed by atoms with Crippen molar-refractivity contribution in [2.75, 3.05) is 31.1 Å². The van der Waals surface area contributed by atoms with Crippen molar-refractivity contribution in [3.05, 3.63) is 64.7 Å². The van der Waals surface area contributed by atoms with E-state index in [1.165, 1.54) is 0 Å². The lowest BCUT2D eigenvalue weighted by Gasteiger charge is -2.35. The van der Waals surface area contributed by atoms with Gasteiger partial charge in [-0.15, -0.1) is 0 Å². The van der Waals surface area contributed by atoms with Crippen molar-refractivity contribution < 1.29 is 4.79 Å². The smallest absolute Gasteiger partial charge is 0.294 e. The van der Waals surface area contributed by atoms with Gasteiger partial charge in [-0.1, -0.05) is 44.2 Å². The van der Waals surface area contributed by atoms with Gasteiger partial charge in [0.1, 0.15) is 0 Å². The number of piperazine rings is 1. The second kappa shape index (κ2) is 8.65. The molecule has 0 radical (unpaired) electrons. The fraction of sp³-hybridized carbons (Fsp3) is 0.391. The molecule has 0 aliphatic carbocycles. The second-order valence-corrected chi connectivity index (χ2v) is 8.14. The number of amides is 1. The Kier molecular flexibility index (Phi) is 5.79. The number of carbonyl (C=O) groups is 1. The van der Waals surface area contributed by atoms with Crippen molar-refractivity contribution in [3.63, 3.8) is 0 Å². The molecule has 1 saturated heterocycles. The lowest BCUT2D eigenvalue weighted by molar-refractivity contribution is -0.130. The first-order valence-electron chi connectivity index (χ1n) is 10.4. The molecule has 30 heavy (non-hydrogen) atoms. The maximum absolute atomic E-state index is 13.2. The van der Waals surface area contributed by atoms with Gasteiger partial charge in [-0.05, 0) is 17.5 Å².